The molecule has 5 unspecified atom stereocenters. The zero-order valence-corrected chi connectivity index (χ0v) is 35.5. The lowest BCUT2D eigenvalue weighted by Gasteiger charge is -2.39. The molecule has 0 spiro atoms. The molecule has 1 saturated heterocycles. The van der Waals surface area contributed by atoms with Crippen molar-refractivity contribution in [1.29, 1.82) is 0 Å². The van der Waals surface area contributed by atoms with Crippen LogP contribution in [0.15, 0.2) is 0 Å². The molecule has 0 aliphatic carbocycles. The van der Waals surface area contributed by atoms with Crippen LogP contribution in [-0.2, 0) is 42.8 Å². The van der Waals surface area contributed by atoms with Gasteiger partial charge in [0.05, 0.1) is 62.0 Å². The number of hydrogen-bond donors (Lipinski definition) is 7. The van der Waals surface area contributed by atoms with Crippen LogP contribution in [-0.4, -0.2) is 149 Å². The van der Waals surface area contributed by atoms with Crippen LogP contribution in [0.2, 0.25) is 0 Å². The Balaban J connectivity index is -0.000000223. The summed E-state index contributed by atoms with van der Waals surface area (Å²) in [6.45, 7) is 21.5. The van der Waals surface area contributed by atoms with E-state index in [1.54, 1.807) is 13.8 Å². The standard InChI is InChI=1S/C14H26O8.C10H20O3.C9H18O3.C6H14O2.2CH4/c1-4-14(2,3)13(19)21-6-5-20-12-11(18)10(17)9(16)8(7-15)22-12;1-5-8(11)7-13-9(12)10(3,4)6-2;1-3-8(2)9(11)12-7-5-4-6-10;1-3-6(2)8-5-4-7;;/h8-12,15-18H,4-7H2,1-3H3;8,11H,5-7H2,1-4H3;8,10H,3-7H2,1-2H3;6-7H,3-5H2,1-2H3;2*1H4/t8?,9-,10?,11+,12-;;;;;/m0...../s1. The van der Waals surface area contributed by atoms with Crippen molar-refractivity contribution in [1.82, 2.24) is 0 Å². The van der Waals surface area contributed by atoms with Crippen molar-refractivity contribution < 1.29 is 78.6 Å². The topological polar surface area (TPSA) is 248 Å². The summed E-state index contributed by atoms with van der Waals surface area (Å²) < 4.78 is 30.4. The summed E-state index contributed by atoms with van der Waals surface area (Å²) in [5.41, 5.74) is -1.02. The van der Waals surface area contributed by atoms with E-state index in [1.165, 1.54) is 0 Å². The van der Waals surface area contributed by atoms with E-state index in [-0.39, 0.29) is 71.7 Å². The van der Waals surface area contributed by atoms with Gasteiger partial charge in [-0.05, 0) is 79.6 Å². The maximum atomic E-state index is 11.7. The number of carbonyl (C=O) groups is 3. The molecule has 1 heterocycles. The average Bonchev–Trinajstić information content (AvgIpc) is 3.18. The lowest BCUT2D eigenvalue weighted by molar-refractivity contribution is -0.302. The molecular formula is C41H86O16. The predicted octanol–water partition coefficient (Wildman–Crippen LogP) is 3.93. The maximum absolute atomic E-state index is 11.7. The Hall–Kier alpha value is -1.99. The van der Waals surface area contributed by atoms with Crippen molar-refractivity contribution in [3.8, 4) is 0 Å². The summed E-state index contributed by atoms with van der Waals surface area (Å²) in [5.74, 6) is -0.718. The van der Waals surface area contributed by atoms with Crippen molar-refractivity contribution in [2.75, 3.05) is 52.9 Å². The first-order chi connectivity index (χ1) is 25.7. The van der Waals surface area contributed by atoms with Gasteiger partial charge < -0.3 is 64.2 Å². The highest BCUT2D eigenvalue weighted by molar-refractivity contribution is 5.76. The third-order valence-electron chi connectivity index (χ3n) is 9.08. The summed E-state index contributed by atoms with van der Waals surface area (Å²) in [5, 5.41) is 63.9. The van der Waals surface area contributed by atoms with Crippen LogP contribution in [0, 0.1) is 16.7 Å². The minimum atomic E-state index is -1.49. The molecule has 1 aliphatic rings. The third kappa shape index (κ3) is 29.8. The third-order valence-corrected chi connectivity index (χ3v) is 9.08. The lowest BCUT2D eigenvalue weighted by Crippen LogP contribution is -2.59. The van der Waals surface area contributed by atoms with E-state index in [9.17, 15) is 29.7 Å². The first-order valence-corrected chi connectivity index (χ1v) is 19.7. The van der Waals surface area contributed by atoms with Gasteiger partial charge in [-0.25, -0.2) is 0 Å². The molecule has 1 fully saturated rings. The average molecular weight is 835 g/mol. The van der Waals surface area contributed by atoms with Gasteiger partial charge in [0.25, 0.3) is 0 Å². The van der Waals surface area contributed by atoms with Crippen molar-refractivity contribution in [3.63, 3.8) is 0 Å². The maximum Gasteiger partial charge on any atom is 0.311 e. The first kappa shape index (κ1) is 64.2. The highest BCUT2D eigenvalue weighted by Gasteiger charge is 2.44. The van der Waals surface area contributed by atoms with Crippen molar-refractivity contribution in [3.05, 3.63) is 0 Å². The second kappa shape index (κ2) is 37.0. The molecule has 7 N–H and O–H groups in total. The Labute approximate surface area is 344 Å². The number of ether oxygens (including phenoxy) is 6. The van der Waals surface area contributed by atoms with Gasteiger partial charge in [-0.2, -0.15) is 0 Å². The monoisotopic (exact) mass is 835 g/mol. The van der Waals surface area contributed by atoms with Crippen LogP contribution < -0.4 is 0 Å². The molecule has 16 heteroatoms. The number of carbonyl (C=O) groups excluding carboxylic acids is 3. The molecule has 16 nitrogen and oxygen atoms in total. The van der Waals surface area contributed by atoms with E-state index >= 15 is 0 Å². The minimum absolute atomic E-state index is 0. The molecule has 1 aliphatic heterocycles. The normalized spacial score (nSPS) is 20.4. The molecule has 0 bridgehead atoms. The van der Waals surface area contributed by atoms with Crippen LogP contribution in [0.5, 0.6) is 0 Å². The SMILES string of the molecule is C.C.CCC(C)(C)C(=O)OCCO[C@H]1OC(CO)[C@H](O)C(O)[C@H]1O.CCC(C)C(=O)OCCCCO.CCC(C)OCCO.CCC(O)COC(=O)C(C)(C)CC. The molecule has 1 rings (SSSR count). The molecule has 57 heavy (non-hydrogen) atoms. The van der Waals surface area contributed by atoms with Crippen molar-refractivity contribution >= 4 is 17.9 Å². The van der Waals surface area contributed by atoms with Crippen LogP contribution >= 0.6 is 0 Å². The highest BCUT2D eigenvalue weighted by atomic mass is 16.7. The first-order valence-electron chi connectivity index (χ1n) is 19.7. The molecule has 0 radical (unpaired) electrons. The van der Waals surface area contributed by atoms with Crippen LogP contribution in [0.1, 0.15) is 136 Å². The summed E-state index contributed by atoms with van der Waals surface area (Å²) in [4.78, 5) is 34.2. The van der Waals surface area contributed by atoms with Gasteiger partial charge in [-0.1, -0.05) is 56.4 Å². The number of rotatable bonds is 22. The van der Waals surface area contributed by atoms with Crippen molar-refractivity contribution in [2.45, 2.75) is 179 Å². The molecule has 0 amide bonds. The Morgan fingerprint density at radius 1 is 0.667 bits per heavy atom. The van der Waals surface area contributed by atoms with Crippen LogP contribution in [0.3, 0.4) is 0 Å². The highest BCUT2D eigenvalue weighted by Crippen LogP contribution is 2.24. The van der Waals surface area contributed by atoms with Crippen LogP contribution in [0.4, 0.5) is 0 Å². The molecule has 0 saturated carbocycles. The zero-order chi connectivity index (χ0) is 43.2. The van der Waals surface area contributed by atoms with E-state index in [0.717, 1.165) is 25.7 Å². The van der Waals surface area contributed by atoms with Crippen LogP contribution in [0.25, 0.3) is 0 Å². The van der Waals surface area contributed by atoms with Gasteiger partial charge in [-0.3, -0.25) is 14.4 Å². The van der Waals surface area contributed by atoms with Gasteiger partial charge in [-0.15, -0.1) is 0 Å². The summed E-state index contributed by atoms with van der Waals surface area (Å²) >= 11 is 0. The van der Waals surface area contributed by atoms with E-state index in [2.05, 4.69) is 6.92 Å². The molecule has 0 aromatic carbocycles. The lowest BCUT2D eigenvalue weighted by atomic mass is 9.91. The van der Waals surface area contributed by atoms with Crippen molar-refractivity contribution in [2.24, 2.45) is 16.7 Å². The van der Waals surface area contributed by atoms with Gasteiger partial charge in [0.2, 0.25) is 0 Å². The Bertz CT molecular complexity index is 961. The quantitative estimate of drug-likeness (QED) is 0.0464. The molecule has 346 valence electrons. The minimum Gasteiger partial charge on any atom is -0.465 e. The van der Waals surface area contributed by atoms with Gasteiger partial charge >= 0.3 is 17.9 Å². The summed E-state index contributed by atoms with van der Waals surface area (Å²) in [7, 11) is 0. The summed E-state index contributed by atoms with van der Waals surface area (Å²) in [6, 6.07) is 0. The fourth-order valence-electron chi connectivity index (χ4n) is 3.54. The molecule has 0 aromatic heterocycles. The number of aliphatic hydroxyl groups excluding tert-OH is 7. The number of aliphatic hydroxyl groups is 7. The van der Waals surface area contributed by atoms with E-state index in [1.807, 2.05) is 55.4 Å². The second-order valence-electron chi connectivity index (χ2n) is 14.6. The van der Waals surface area contributed by atoms with Gasteiger partial charge in [0.1, 0.15) is 37.6 Å². The number of hydrogen-bond acceptors (Lipinski definition) is 16. The molecule has 0 aromatic rings. The number of esters is 3. The molecular weight excluding hydrogens is 748 g/mol. The Morgan fingerprint density at radius 3 is 1.65 bits per heavy atom. The van der Waals surface area contributed by atoms with E-state index in [0.29, 0.717) is 38.6 Å². The number of unbranched alkanes of at least 4 members (excludes halogenated alkanes) is 1. The predicted molar refractivity (Wildman–Crippen MR) is 219 cm³/mol. The summed E-state index contributed by atoms with van der Waals surface area (Å²) in [6.07, 6.45) is -1.57. The van der Waals surface area contributed by atoms with Gasteiger partial charge in [0, 0.05) is 6.61 Å². The Morgan fingerprint density at radius 2 is 1.21 bits per heavy atom. The van der Waals surface area contributed by atoms with E-state index in [4.69, 9.17) is 48.8 Å². The zero-order valence-electron chi connectivity index (χ0n) is 35.5. The second-order valence-corrected chi connectivity index (χ2v) is 14.6. The fourth-order valence-corrected chi connectivity index (χ4v) is 3.54. The van der Waals surface area contributed by atoms with E-state index < -0.39 is 54.2 Å². The Kier molecular flexibility index (Phi) is 41.7. The fraction of sp³-hybridized carbons (Fsp3) is 0.927. The molecule has 8 atom stereocenters. The van der Waals surface area contributed by atoms with Gasteiger partial charge in [0.15, 0.2) is 6.29 Å². The largest absolute Gasteiger partial charge is 0.465 e. The smallest absolute Gasteiger partial charge is 0.311 e.